The highest BCUT2D eigenvalue weighted by Crippen LogP contribution is 2.00. The van der Waals surface area contributed by atoms with Crippen molar-refractivity contribution in [2.45, 2.75) is 39.3 Å². The van der Waals surface area contributed by atoms with Gasteiger partial charge < -0.3 is 14.9 Å². The summed E-state index contributed by atoms with van der Waals surface area (Å²) in [6, 6.07) is 0. The average Bonchev–Trinajstić information content (AvgIpc) is 3.01. The minimum Gasteiger partial charge on any atom is -0.349 e. The number of hydrogen-bond donors (Lipinski definition) is 2. The molecule has 0 spiro atoms. The maximum absolute atomic E-state index is 4.20. The third-order valence-corrected chi connectivity index (χ3v) is 2.89. The van der Waals surface area contributed by atoms with E-state index in [1.54, 1.807) is 6.20 Å². The highest BCUT2D eigenvalue weighted by molar-refractivity contribution is 4.97. The molecule has 98 valence electrons. The second-order valence-electron chi connectivity index (χ2n) is 4.39. The molecule has 0 unspecified atom stereocenters. The van der Waals surface area contributed by atoms with E-state index >= 15 is 0 Å². The molecule has 2 N–H and O–H groups in total. The van der Waals surface area contributed by atoms with Crippen molar-refractivity contribution in [3.8, 4) is 0 Å². The molecule has 0 saturated carbocycles. The van der Waals surface area contributed by atoms with Crippen LogP contribution >= 0.6 is 0 Å². The van der Waals surface area contributed by atoms with Gasteiger partial charge in [0.2, 0.25) is 0 Å². The zero-order valence-corrected chi connectivity index (χ0v) is 10.9. The SMILES string of the molecule is CCCn1cncc1CNCCCc1ncc[nH]1. The minimum absolute atomic E-state index is 0.887. The molecule has 0 aromatic carbocycles. The van der Waals surface area contributed by atoms with Gasteiger partial charge in [-0.3, -0.25) is 0 Å². The third kappa shape index (κ3) is 3.70. The molecule has 2 aromatic rings. The van der Waals surface area contributed by atoms with Crippen LogP contribution in [0.5, 0.6) is 0 Å². The molecule has 2 rings (SSSR count). The van der Waals surface area contributed by atoms with E-state index in [9.17, 15) is 0 Å². The lowest BCUT2D eigenvalue weighted by molar-refractivity contribution is 0.587. The number of aromatic nitrogens is 4. The third-order valence-electron chi connectivity index (χ3n) is 2.89. The van der Waals surface area contributed by atoms with Gasteiger partial charge in [-0.2, -0.15) is 0 Å². The number of H-pyrrole nitrogens is 1. The fourth-order valence-corrected chi connectivity index (χ4v) is 1.97. The molecule has 0 aliphatic rings. The summed E-state index contributed by atoms with van der Waals surface area (Å²) in [7, 11) is 0. The number of imidazole rings is 2. The Morgan fingerprint density at radius 2 is 2.39 bits per heavy atom. The fourth-order valence-electron chi connectivity index (χ4n) is 1.97. The largest absolute Gasteiger partial charge is 0.349 e. The molecular formula is C13H21N5. The van der Waals surface area contributed by atoms with Crippen molar-refractivity contribution in [2.75, 3.05) is 6.54 Å². The Balaban J connectivity index is 1.64. The molecule has 5 heteroatoms. The first kappa shape index (κ1) is 12.8. The molecule has 0 amide bonds. The Labute approximate surface area is 108 Å². The second-order valence-corrected chi connectivity index (χ2v) is 4.39. The molecule has 2 aromatic heterocycles. The van der Waals surface area contributed by atoms with Gasteiger partial charge in [0, 0.05) is 38.1 Å². The van der Waals surface area contributed by atoms with E-state index in [1.807, 2.05) is 18.7 Å². The van der Waals surface area contributed by atoms with E-state index in [4.69, 9.17) is 0 Å². The van der Waals surface area contributed by atoms with Crippen LogP contribution in [0.25, 0.3) is 0 Å². The second kappa shape index (κ2) is 6.96. The van der Waals surface area contributed by atoms with Crippen LogP contribution in [0.15, 0.2) is 24.9 Å². The maximum Gasteiger partial charge on any atom is 0.106 e. The van der Waals surface area contributed by atoms with Crippen LogP contribution in [0.2, 0.25) is 0 Å². The molecule has 0 atom stereocenters. The van der Waals surface area contributed by atoms with E-state index in [-0.39, 0.29) is 0 Å². The average molecular weight is 247 g/mol. The molecule has 18 heavy (non-hydrogen) atoms. The standard InChI is InChI=1S/C13H21N5/c1-2-8-18-11-15-10-12(18)9-14-5-3-4-13-16-6-7-17-13/h6-7,10-11,14H,2-5,8-9H2,1H3,(H,16,17). The highest BCUT2D eigenvalue weighted by Gasteiger charge is 2.00. The van der Waals surface area contributed by atoms with Crippen molar-refractivity contribution in [1.82, 2.24) is 24.8 Å². The lowest BCUT2D eigenvalue weighted by Gasteiger charge is -2.07. The summed E-state index contributed by atoms with van der Waals surface area (Å²) in [4.78, 5) is 11.5. The van der Waals surface area contributed by atoms with Gasteiger partial charge in [0.1, 0.15) is 5.82 Å². The zero-order chi connectivity index (χ0) is 12.6. The minimum atomic E-state index is 0.887. The molecule has 2 heterocycles. The zero-order valence-electron chi connectivity index (χ0n) is 10.9. The van der Waals surface area contributed by atoms with Crippen LogP contribution in [0.3, 0.4) is 0 Å². The van der Waals surface area contributed by atoms with Gasteiger partial charge in [-0.1, -0.05) is 6.92 Å². The van der Waals surface area contributed by atoms with Crippen LogP contribution in [-0.2, 0) is 19.5 Å². The number of aryl methyl sites for hydroxylation is 2. The van der Waals surface area contributed by atoms with Crippen LogP contribution < -0.4 is 5.32 Å². The van der Waals surface area contributed by atoms with Crippen molar-refractivity contribution in [3.05, 3.63) is 36.4 Å². The van der Waals surface area contributed by atoms with Crippen LogP contribution in [0.4, 0.5) is 0 Å². The van der Waals surface area contributed by atoms with Gasteiger partial charge in [0.25, 0.3) is 0 Å². The predicted octanol–water partition coefficient (Wildman–Crippen LogP) is 1.74. The van der Waals surface area contributed by atoms with E-state index in [1.165, 1.54) is 5.69 Å². The fraction of sp³-hybridized carbons (Fsp3) is 0.538. The summed E-state index contributed by atoms with van der Waals surface area (Å²) < 4.78 is 2.21. The predicted molar refractivity (Wildman–Crippen MR) is 71.1 cm³/mol. The van der Waals surface area contributed by atoms with Gasteiger partial charge in [-0.05, 0) is 19.4 Å². The summed E-state index contributed by atoms with van der Waals surface area (Å²) in [6.07, 6.45) is 10.7. The first-order chi connectivity index (χ1) is 8.90. The first-order valence-corrected chi connectivity index (χ1v) is 6.58. The topological polar surface area (TPSA) is 58.5 Å². The smallest absolute Gasteiger partial charge is 0.106 e. The van der Waals surface area contributed by atoms with Crippen molar-refractivity contribution in [1.29, 1.82) is 0 Å². The normalized spacial score (nSPS) is 10.9. The van der Waals surface area contributed by atoms with Crippen LogP contribution in [-0.4, -0.2) is 26.1 Å². The summed E-state index contributed by atoms with van der Waals surface area (Å²) in [5.41, 5.74) is 1.26. The van der Waals surface area contributed by atoms with Crippen LogP contribution in [0, 0.1) is 0 Å². The quantitative estimate of drug-likeness (QED) is 0.699. The number of hydrogen-bond acceptors (Lipinski definition) is 3. The van der Waals surface area contributed by atoms with Gasteiger partial charge >= 0.3 is 0 Å². The molecule has 0 radical (unpaired) electrons. The summed E-state index contributed by atoms with van der Waals surface area (Å²) in [6.45, 7) is 5.11. The lowest BCUT2D eigenvalue weighted by Crippen LogP contribution is -2.18. The van der Waals surface area contributed by atoms with E-state index < -0.39 is 0 Å². The molecule has 5 nitrogen and oxygen atoms in total. The number of nitrogens with one attached hydrogen (secondary N) is 2. The number of rotatable bonds is 8. The van der Waals surface area contributed by atoms with Gasteiger partial charge in [0.05, 0.1) is 12.0 Å². The van der Waals surface area contributed by atoms with E-state index in [0.717, 1.165) is 44.7 Å². The Morgan fingerprint density at radius 1 is 1.44 bits per heavy atom. The number of nitrogens with zero attached hydrogens (tertiary/aromatic N) is 3. The monoisotopic (exact) mass is 247 g/mol. The van der Waals surface area contributed by atoms with Gasteiger partial charge in [-0.25, -0.2) is 9.97 Å². The van der Waals surface area contributed by atoms with Gasteiger partial charge in [-0.15, -0.1) is 0 Å². The maximum atomic E-state index is 4.20. The summed E-state index contributed by atoms with van der Waals surface area (Å²) >= 11 is 0. The van der Waals surface area contributed by atoms with Gasteiger partial charge in [0.15, 0.2) is 0 Å². The first-order valence-electron chi connectivity index (χ1n) is 6.58. The molecule has 0 saturated heterocycles. The Hall–Kier alpha value is -1.62. The molecule has 0 fully saturated rings. The van der Waals surface area contributed by atoms with Crippen molar-refractivity contribution >= 4 is 0 Å². The Kier molecular flexibility index (Phi) is 4.96. The van der Waals surface area contributed by atoms with E-state index in [2.05, 4.69) is 31.8 Å². The summed E-state index contributed by atoms with van der Waals surface area (Å²) in [5, 5.41) is 3.45. The molecular weight excluding hydrogens is 226 g/mol. The Bertz CT molecular complexity index is 432. The summed E-state index contributed by atoms with van der Waals surface area (Å²) in [5.74, 6) is 1.06. The van der Waals surface area contributed by atoms with E-state index in [0.29, 0.717) is 0 Å². The molecule has 0 aliphatic carbocycles. The number of aromatic amines is 1. The van der Waals surface area contributed by atoms with Crippen molar-refractivity contribution < 1.29 is 0 Å². The Morgan fingerprint density at radius 3 is 3.17 bits per heavy atom. The van der Waals surface area contributed by atoms with Crippen molar-refractivity contribution in [3.63, 3.8) is 0 Å². The highest BCUT2D eigenvalue weighted by atomic mass is 15.1. The van der Waals surface area contributed by atoms with Crippen LogP contribution in [0.1, 0.15) is 31.3 Å². The molecule has 0 aliphatic heterocycles. The lowest BCUT2D eigenvalue weighted by atomic mass is 10.3. The van der Waals surface area contributed by atoms with Crippen molar-refractivity contribution in [2.24, 2.45) is 0 Å². The molecule has 0 bridgehead atoms.